The van der Waals surface area contributed by atoms with Gasteiger partial charge in [-0.2, -0.15) is 0 Å². The minimum Gasteiger partial charge on any atom is -0.508 e. The van der Waals surface area contributed by atoms with Crippen molar-refractivity contribution in [2.75, 3.05) is 5.32 Å². The van der Waals surface area contributed by atoms with Crippen LogP contribution in [0.25, 0.3) is 0 Å². The van der Waals surface area contributed by atoms with E-state index in [2.05, 4.69) is 26.2 Å². The highest BCUT2D eigenvalue weighted by Crippen LogP contribution is 2.19. The number of halogens is 1. The van der Waals surface area contributed by atoms with Gasteiger partial charge in [0.15, 0.2) is 0 Å². The molecule has 0 bridgehead atoms. The molecule has 0 saturated carbocycles. The van der Waals surface area contributed by atoms with Crippen LogP contribution in [-0.4, -0.2) is 16.0 Å². The highest BCUT2D eigenvalue weighted by Gasteiger charge is 2.08. The number of pyridine rings is 1. The molecule has 2 rings (SSSR count). The van der Waals surface area contributed by atoms with Gasteiger partial charge in [0.25, 0.3) is 5.91 Å². The average molecular weight is 307 g/mol. The van der Waals surface area contributed by atoms with Crippen molar-refractivity contribution >= 4 is 27.5 Å². The second-order valence-corrected chi connectivity index (χ2v) is 4.76. The van der Waals surface area contributed by atoms with Crippen molar-refractivity contribution in [1.82, 2.24) is 4.98 Å². The van der Waals surface area contributed by atoms with Gasteiger partial charge in [-0.1, -0.05) is 6.07 Å². The zero-order chi connectivity index (χ0) is 13.1. The summed E-state index contributed by atoms with van der Waals surface area (Å²) >= 11 is 3.28. The molecule has 2 N–H and O–H groups in total. The van der Waals surface area contributed by atoms with E-state index in [0.717, 1.165) is 10.0 Å². The summed E-state index contributed by atoms with van der Waals surface area (Å²) in [6, 6.07) is 6.55. The number of anilines is 1. The van der Waals surface area contributed by atoms with Crippen LogP contribution in [0, 0.1) is 6.92 Å². The second kappa shape index (κ2) is 5.18. The number of aromatic nitrogens is 1. The van der Waals surface area contributed by atoms with Crippen molar-refractivity contribution in [2.45, 2.75) is 6.92 Å². The van der Waals surface area contributed by atoms with Crippen LogP contribution in [0.15, 0.2) is 41.1 Å². The van der Waals surface area contributed by atoms with Crippen LogP contribution in [0.1, 0.15) is 15.9 Å². The Morgan fingerprint density at radius 1 is 1.33 bits per heavy atom. The predicted octanol–water partition coefficient (Wildman–Crippen LogP) is 3.11. The predicted molar refractivity (Wildman–Crippen MR) is 72.7 cm³/mol. The fourth-order valence-corrected chi connectivity index (χ4v) is 1.80. The molecule has 0 radical (unpaired) electrons. The van der Waals surface area contributed by atoms with E-state index in [1.165, 1.54) is 6.07 Å². The van der Waals surface area contributed by atoms with Crippen LogP contribution in [0.5, 0.6) is 5.75 Å². The van der Waals surface area contributed by atoms with Gasteiger partial charge in [0.05, 0.1) is 11.9 Å². The van der Waals surface area contributed by atoms with E-state index in [-0.39, 0.29) is 11.7 Å². The molecule has 1 amide bonds. The second-order valence-electron chi connectivity index (χ2n) is 3.85. The highest BCUT2D eigenvalue weighted by molar-refractivity contribution is 9.10. The Bertz CT molecular complexity index is 599. The molecule has 0 atom stereocenters. The summed E-state index contributed by atoms with van der Waals surface area (Å²) in [6.07, 6.45) is 3.18. The molecule has 92 valence electrons. The summed E-state index contributed by atoms with van der Waals surface area (Å²) in [4.78, 5) is 15.9. The fraction of sp³-hybridized carbons (Fsp3) is 0.0769. The van der Waals surface area contributed by atoms with E-state index in [1.807, 2.05) is 0 Å². The van der Waals surface area contributed by atoms with Gasteiger partial charge >= 0.3 is 0 Å². The molecule has 0 aliphatic heterocycles. The average Bonchev–Trinajstić information content (AvgIpc) is 2.32. The normalized spacial score (nSPS) is 10.1. The third-order valence-corrected chi connectivity index (χ3v) is 2.87. The zero-order valence-electron chi connectivity index (χ0n) is 9.64. The van der Waals surface area contributed by atoms with Gasteiger partial charge in [0, 0.05) is 16.2 Å². The zero-order valence-corrected chi connectivity index (χ0v) is 11.2. The number of carbonyl (C=O) groups excluding carboxylic acids is 1. The van der Waals surface area contributed by atoms with E-state index in [0.29, 0.717) is 11.3 Å². The highest BCUT2D eigenvalue weighted by atomic mass is 79.9. The number of hydrogen-bond donors (Lipinski definition) is 2. The van der Waals surface area contributed by atoms with Crippen molar-refractivity contribution in [1.29, 1.82) is 0 Å². The number of carbonyl (C=O) groups is 1. The summed E-state index contributed by atoms with van der Waals surface area (Å²) < 4.78 is 0.784. The number of nitrogens with zero attached hydrogens (tertiary/aromatic N) is 1. The monoisotopic (exact) mass is 306 g/mol. The lowest BCUT2D eigenvalue weighted by Gasteiger charge is -2.06. The largest absolute Gasteiger partial charge is 0.508 e. The lowest BCUT2D eigenvalue weighted by molar-refractivity contribution is 0.102. The third kappa shape index (κ3) is 2.87. The molecule has 0 saturated heterocycles. The molecule has 5 heteroatoms. The lowest BCUT2D eigenvalue weighted by Crippen LogP contribution is -2.11. The number of benzene rings is 1. The topological polar surface area (TPSA) is 62.2 Å². The van der Waals surface area contributed by atoms with E-state index in [9.17, 15) is 9.90 Å². The number of aromatic hydroxyl groups is 1. The number of rotatable bonds is 2. The number of aryl methyl sites for hydroxylation is 1. The summed E-state index contributed by atoms with van der Waals surface area (Å²) in [5, 5.41) is 12.3. The smallest absolute Gasteiger partial charge is 0.255 e. The van der Waals surface area contributed by atoms with Crippen molar-refractivity contribution in [3.63, 3.8) is 0 Å². The Morgan fingerprint density at radius 2 is 2.11 bits per heavy atom. The number of hydrogen-bond acceptors (Lipinski definition) is 3. The van der Waals surface area contributed by atoms with Gasteiger partial charge in [-0.05, 0) is 46.6 Å². The van der Waals surface area contributed by atoms with Crippen molar-refractivity contribution in [3.05, 3.63) is 52.3 Å². The number of nitrogens with one attached hydrogen (secondary N) is 1. The molecule has 1 aromatic heterocycles. The first-order valence-electron chi connectivity index (χ1n) is 5.28. The lowest BCUT2D eigenvalue weighted by atomic mass is 10.1. The van der Waals surface area contributed by atoms with Crippen LogP contribution in [0.2, 0.25) is 0 Å². The molecule has 1 aromatic carbocycles. The molecule has 2 aromatic rings. The van der Waals surface area contributed by atoms with Crippen molar-refractivity contribution < 1.29 is 9.90 Å². The summed E-state index contributed by atoms with van der Waals surface area (Å²) in [5.41, 5.74) is 1.73. The molecule has 0 aliphatic rings. The van der Waals surface area contributed by atoms with Crippen LogP contribution in [0.4, 0.5) is 5.69 Å². The van der Waals surface area contributed by atoms with Gasteiger partial charge in [-0.3, -0.25) is 9.78 Å². The summed E-state index contributed by atoms with van der Waals surface area (Å²) in [5.74, 6) is -0.180. The number of phenolic OH excluding ortho intramolecular Hbond substituents is 1. The first-order chi connectivity index (χ1) is 8.56. The maximum absolute atomic E-state index is 11.9. The first-order valence-corrected chi connectivity index (χ1v) is 6.07. The standard InChI is InChI=1S/C13H11BrN2O2/c1-8-2-3-9(4-12(8)17)13(18)16-11-5-10(14)6-15-7-11/h2-7,17H,1H3,(H,16,18). The molecule has 1 heterocycles. The SMILES string of the molecule is Cc1ccc(C(=O)Nc2cncc(Br)c2)cc1O. The van der Waals surface area contributed by atoms with E-state index < -0.39 is 0 Å². The Kier molecular flexibility index (Phi) is 3.62. The van der Waals surface area contributed by atoms with Crippen molar-refractivity contribution in [2.24, 2.45) is 0 Å². The molecule has 0 aliphatic carbocycles. The van der Waals surface area contributed by atoms with Crippen LogP contribution in [0.3, 0.4) is 0 Å². The first kappa shape index (κ1) is 12.6. The molecule has 18 heavy (non-hydrogen) atoms. The van der Waals surface area contributed by atoms with Crippen molar-refractivity contribution in [3.8, 4) is 5.75 Å². The Hall–Kier alpha value is -1.88. The number of amides is 1. The van der Waals surface area contributed by atoms with E-state index >= 15 is 0 Å². The van der Waals surface area contributed by atoms with Crippen LogP contribution >= 0.6 is 15.9 Å². The van der Waals surface area contributed by atoms with Gasteiger partial charge in [-0.15, -0.1) is 0 Å². The molecule has 0 unspecified atom stereocenters. The maximum Gasteiger partial charge on any atom is 0.255 e. The molecule has 0 spiro atoms. The quantitative estimate of drug-likeness (QED) is 0.896. The Morgan fingerprint density at radius 3 is 2.78 bits per heavy atom. The van der Waals surface area contributed by atoms with Crippen LogP contribution in [-0.2, 0) is 0 Å². The van der Waals surface area contributed by atoms with E-state index in [1.54, 1.807) is 37.5 Å². The molecule has 0 fully saturated rings. The van der Waals surface area contributed by atoms with Gasteiger partial charge < -0.3 is 10.4 Å². The molecular weight excluding hydrogens is 296 g/mol. The van der Waals surface area contributed by atoms with Gasteiger partial charge in [0.2, 0.25) is 0 Å². The summed E-state index contributed by atoms with van der Waals surface area (Å²) in [6.45, 7) is 1.77. The van der Waals surface area contributed by atoms with Gasteiger partial charge in [-0.25, -0.2) is 0 Å². The fourth-order valence-electron chi connectivity index (χ4n) is 1.43. The van der Waals surface area contributed by atoms with Crippen LogP contribution < -0.4 is 5.32 Å². The Balaban J connectivity index is 2.19. The minimum atomic E-state index is -0.287. The molecular formula is C13H11BrN2O2. The summed E-state index contributed by atoms with van der Waals surface area (Å²) in [7, 11) is 0. The Labute approximate surface area is 113 Å². The number of phenols is 1. The minimum absolute atomic E-state index is 0.106. The third-order valence-electron chi connectivity index (χ3n) is 2.43. The maximum atomic E-state index is 11.9. The van der Waals surface area contributed by atoms with Gasteiger partial charge in [0.1, 0.15) is 5.75 Å². The molecule has 4 nitrogen and oxygen atoms in total. The van der Waals surface area contributed by atoms with E-state index in [4.69, 9.17) is 0 Å².